The van der Waals surface area contributed by atoms with Crippen molar-refractivity contribution >= 4 is 23.8 Å². The standard InChI is InChI=1S/C20H23N5O/c1-3-15-5-6-18(23-17(15)4-2)25-13-16(14-25)19-20(22-8-7-21-19)24-9-11-26-12-10-24/h3-8,16H,1-2,9-14H2. The molecule has 4 heterocycles. The van der Waals surface area contributed by atoms with Crippen molar-refractivity contribution in [3.63, 3.8) is 0 Å². The lowest BCUT2D eigenvalue weighted by Crippen LogP contribution is -2.47. The third kappa shape index (κ3) is 3.08. The van der Waals surface area contributed by atoms with Crippen LogP contribution in [0.5, 0.6) is 0 Å². The summed E-state index contributed by atoms with van der Waals surface area (Å²) >= 11 is 0. The molecule has 0 amide bonds. The maximum absolute atomic E-state index is 5.46. The maximum Gasteiger partial charge on any atom is 0.150 e. The minimum atomic E-state index is 0.370. The van der Waals surface area contributed by atoms with E-state index in [4.69, 9.17) is 9.72 Å². The van der Waals surface area contributed by atoms with Crippen molar-refractivity contribution in [2.45, 2.75) is 5.92 Å². The summed E-state index contributed by atoms with van der Waals surface area (Å²) < 4.78 is 5.46. The molecule has 134 valence electrons. The molecule has 0 N–H and O–H groups in total. The van der Waals surface area contributed by atoms with Crippen molar-refractivity contribution in [3.05, 3.63) is 54.6 Å². The van der Waals surface area contributed by atoms with Gasteiger partial charge in [0.05, 0.1) is 24.6 Å². The Morgan fingerprint density at radius 1 is 1.00 bits per heavy atom. The first-order valence-electron chi connectivity index (χ1n) is 8.94. The summed E-state index contributed by atoms with van der Waals surface area (Å²) in [6.45, 7) is 12.7. The Balaban J connectivity index is 1.50. The first-order chi connectivity index (χ1) is 12.8. The van der Waals surface area contributed by atoms with Gasteiger partial charge in [0, 0.05) is 44.5 Å². The highest BCUT2D eigenvalue weighted by Crippen LogP contribution is 2.34. The highest BCUT2D eigenvalue weighted by Gasteiger charge is 2.33. The lowest BCUT2D eigenvalue weighted by Gasteiger charge is -2.41. The molecule has 0 radical (unpaired) electrons. The second-order valence-corrected chi connectivity index (χ2v) is 6.52. The van der Waals surface area contributed by atoms with E-state index in [0.717, 1.165) is 68.0 Å². The third-order valence-electron chi connectivity index (χ3n) is 4.97. The topological polar surface area (TPSA) is 54.4 Å². The van der Waals surface area contributed by atoms with Crippen molar-refractivity contribution < 1.29 is 4.74 Å². The lowest BCUT2D eigenvalue weighted by atomic mass is 9.95. The number of anilines is 2. The SMILES string of the molecule is C=Cc1ccc(N2CC(c3nccnc3N3CCOCC3)C2)nc1C=C. The largest absolute Gasteiger partial charge is 0.378 e. The molecule has 0 bridgehead atoms. The highest BCUT2D eigenvalue weighted by molar-refractivity contribution is 5.63. The van der Waals surface area contributed by atoms with Crippen LogP contribution in [0.25, 0.3) is 12.2 Å². The van der Waals surface area contributed by atoms with Crippen molar-refractivity contribution in [1.82, 2.24) is 15.0 Å². The van der Waals surface area contributed by atoms with Gasteiger partial charge in [-0.3, -0.25) is 4.98 Å². The molecular formula is C20H23N5O. The first-order valence-corrected chi connectivity index (χ1v) is 8.94. The summed E-state index contributed by atoms with van der Waals surface area (Å²) in [6.07, 6.45) is 7.14. The molecule has 2 aromatic heterocycles. The second-order valence-electron chi connectivity index (χ2n) is 6.52. The van der Waals surface area contributed by atoms with Gasteiger partial charge in [0.15, 0.2) is 5.82 Å². The van der Waals surface area contributed by atoms with Gasteiger partial charge < -0.3 is 14.5 Å². The quantitative estimate of drug-likeness (QED) is 0.827. The van der Waals surface area contributed by atoms with Gasteiger partial charge >= 0.3 is 0 Å². The second kappa shape index (κ2) is 7.25. The van der Waals surface area contributed by atoms with E-state index < -0.39 is 0 Å². The van der Waals surface area contributed by atoms with E-state index in [1.807, 2.05) is 12.1 Å². The fourth-order valence-electron chi connectivity index (χ4n) is 3.47. The van der Waals surface area contributed by atoms with Crippen LogP contribution < -0.4 is 9.80 Å². The lowest BCUT2D eigenvalue weighted by molar-refractivity contribution is 0.122. The van der Waals surface area contributed by atoms with Gasteiger partial charge in [0.2, 0.25) is 0 Å². The number of nitrogens with zero attached hydrogens (tertiary/aromatic N) is 5. The van der Waals surface area contributed by atoms with Crippen LogP contribution in [0.3, 0.4) is 0 Å². The fraction of sp³-hybridized carbons (Fsp3) is 0.350. The van der Waals surface area contributed by atoms with Crippen LogP contribution in [0.4, 0.5) is 11.6 Å². The average molecular weight is 349 g/mol. The number of hydrogen-bond acceptors (Lipinski definition) is 6. The predicted molar refractivity (Wildman–Crippen MR) is 104 cm³/mol. The van der Waals surface area contributed by atoms with Gasteiger partial charge in [0.25, 0.3) is 0 Å². The van der Waals surface area contributed by atoms with Crippen molar-refractivity contribution in [2.75, 3.05) is 49.2 Å². The summed E-state index contributed by atoms with van der Waals surface area (Å²) in [4.78, 5) is 18.5. The summed E-state index contributed by atoms with van der Waals surface area (Å²) in [6, 6.07) is 4.08. The summed E-state index contributed by atoms with van der Waals surface area (Å²) in [5.41, 5.74) is 2.95. The Labute approximate surface area is 153 Å². The zero-order valence-electron chi connectivity index (χ0n) is 14.8. The Kier molecular flexibility index (Phi) is 4.67. The van der Waals surface area contributed by atoms with Crippen LogP contribution in [0.2, 0.25) is 0 Å². The number of aromatic nitrogens is 3. The van der Waals surface area contributed by atoms with E-state index in [9.17, 15) is 0 Å². The van der Waals surface area contributed by atoms with Gasteiger partial charge in [-0.15, -0.1) is 0 Å². The van der Waals surface area contributed by atoms with Crippen molar-refractivity contribution in [1.29, 1.82) is 0 Å². The van der Waals surface area contributed by atoms with E-state index >= 15 is 0 Å². The molecule has 2 aliphatic heterocycles. The Morgan fingerprint density at radius 3 is 2.50 bits per heavy atom. The van der Waals surface area contributed by atoms with E-state index in [-0.39, 0.29) is 0 Å². The van der Waals surface area contributed by atoms with Gasteiger partial charge in [-0.25, -0.2) is 9.97 Å². The molecule has 0 aromatic carbocycles. The average Bonchev–Trinajstić information content (AvgIpc) is 2.68. The Hall–Kier alpha value is -2.73. The van der Waals surface area contributed by atoms with E-state index in [1.54, 1.807) is 24.5 Å². The normalized spacial score (nSPS) is 17.7. The monoisotopic (exact) mass is 349 g/mol. The van der Waals surface area contributed by atoms with Crippen LogP contribution in [0.15, 0.2) is 37.7 Å². The van der Waals surface area contributed by atoms with Gasteiger partial charge in [-0.1, -0.05) is 19.2 Å². The van der Waals surface area contributed by atoms with Crippen molar-refractivity contribution in [3.8, 4) is 0 Å². The molecule has 2 aromatic rings. The maximum atomic E-state index is 5.46. The molecule has 6 nitrogen and oxygen atoms in total. The third-order valence-corrected chi connectivity index (χ3v) is 4.97. The molecule has 0 unspecified atom stereocenters. The summed E-state index contributed by atoms with van der Waals surface area (Å²) in [7, 11) is 0. The van der Waals surface area contributed by atoms with E-state index in [1.165, 1.54) is 0 Å². The van der Waals surface area contributed by atoms with E-state index in [0.29, 0.717) is 5.92 Å². The van der Waals surface area contributed by atoms with Gasteiger partial charge in [0.1, 0.15) is 5.82 Å². The van der Waals surface area contributed by atoms with Crippen LogP contribution in [0.1, 0.15) is 22.9 Å². The molecule has 0 aliphatic carbocycles. The molecule has 6 heteroatoms. The summed E-state index contributed by atoms with van der Waals surface area (Å²) in [5, 5.41) is 0. The number of pyridine rings is 1. The highest BCUT2D eigenvalue weighted by atomic mass is 16.5. The van der Waals surface area contributed by atoms with Crippen LogP contribution in [0, 0.1) is 0 Å². The summed E-state index contributed by atoms with van der Waals surface area (Å²) in [5.74, 6) is 2.34. The molecular weight excluding hydrogens is 326 g/mol. The Morgan fingerprint density at radius 2 is 1.77 bits per heavy atom. The minimum Gasteiger partial charge on any atom is -0.378 e. The first kappa shape index (κ1) is 16.7. The molecule has 0 saturated carbocycles. The molecule has 0 atom stereocenters. The zero-order chi connectivity index (χ0) is 17.9. The molecule has 0 spiro atoms. The molecule has 2 aliphatic rings. The Bertz CT molecular complexity index is 810. The minimum absolute atomic E-state index is 0.370. The van der Waals surface area contributed by atoms with Crippen LogP contribution >= 0.6 is 0 Å². The number of rotatable bonds is 5. The van der Waals surface area contributed by atoms with E-state index in [2.05, 4.69) is 32.9 Å². The zero-order valence-corrected chi connectivity index (χ0v) is 14.8. The van der Waals surface area contributed by atoms with Crippen LogP contribution in [-0.2, 0) is 4.74 Å². The number of ether oxygens (including phenoxy) is 1. The molecule has 26 heavy (non-hydrogen) atoms. The van der Waals surface area contributed by atoms with Gasteiger partial charge in [-0.2, -0.15) is 0 Å². The number of hydrogen-bond donors (Lipinski definition) is 0. The smallest absolute Gasteiger partial charge is 0.150 e. The number of morpholine rings is 1. The van der Waals surface area contributed by atoms with Crippen LogP contribution in [-0.4, -0.2) is 54.3 Å². The predicted octanol–water partition coefficient (Wildman–Crippen LogP) is 2.60. The van der Waals surface area contributed by atoms with Crippen molar-refractivity contribution in [2.24, 2.45) is 0 Å². The van der Waals surface area contributed by atoms with Gasteiger partial charge in [-0.05, 0) is 23.8 Å². The molecule has 2 fully saturated rings. The molecule has 2 saturated heterocycles. The fourth-order valence-corrected chi connectivity index (χ4v) is 3.47. The molecule has 4 rings (SSSR count).